The number of hydrogen-bond donors (Lipinski definition) is 1. The molecular formula is C21H28N6O. The third kappa shape index (κ3) is 4.36. The van der Waals surface area contributed by atoms with Gasteiger partial charge in [0.25, 0.3) is 5.91 Å². The SMILES string of the molecule is CC(=Nc1c(C)ncnc1N1CCc2cc(C)ccc21)C(=O)NCCN(C)C. The number of fused-ring (bicyclic) bond motifs is 1. The minimum atomic E-state index is -0.173. The molecule has 0 saturated carbocycles. The lowest BCUT2D eigenvalue weighted by atomic mass is 10.1. The molecule has 1 aliphatic rings. The number of carbonyl (C=O) groups excluding carboxylic acids is 1. The molecule has 28 heavy (non-hydrogen) atoms. The average Bonchev–Trinajstić information content (AvgIpc) is 3.05. The van der Waals surface area contributed by atoms with Crippen LogP contribution >= 0.6 is 0 Å². The Morgan fingerprint density at radius 2 is 2.07 bits per heavy atom. The van der Waals surface area contributed by atoms with E-state index in [0.29, 0.717) is 17.9 Å². The highest BCUT2D eigenvalue weighted by molar-refractivity contribution is 6.38. The topological polar surface area (TPSA) is 73.7 Å². The molecule has 0 atom stereocenters. The van der Waals surface area contributed by atoms with Gasteiger partial charge in [0.15, 0.2) is 5.82 Å². The van der Waals surface area contributed by atoms with Crippen molar-refractivity contribution in [1.29, 1.82) is 0 Å². The van der Waals surface area contributed by atoms with Gasteiger partial charge in [-0.3, -0.25) is 4.79 Å². The molecule has 0 spiro atoms. The van der Waals surface area contributed by atoms with Crippen molar-refractivity contribution >= 4 is 28.8 Å². The van der Waals surface area contributed by atoms with Crippen LogP contribution in [0.25, 0.3) is 0 Å². The van der Waals surface area contributed by atoms with Crippen LogP contribution in [-0.2, 0) is 11.2 Å². The van der Waals surface area contributed by atoms with Crippen molar-refractivity contribution in [2.75, 3.05) is 38.6 Å². The summed E-state index contributed by atoms with van der Waals surface area (Å²) >= 11 is 0. The normalized spacial score (nSPS) is 13.8. The Morgan fingerprint density at radius 1 is 1.29 bits per heavy atom. The summed E-state index contributed by atoms with van der Waals surface area (Å²) in [6, 6.07) is 6.46. The molecule has 0 saturated heterocycles. The Morgan fingerprint density at radius 3 is 2.82 bits per heavy atom. The number of likely N-dealkylation sites (N-methyl/N-ethyl adjacent to an activating group) is 1. The molecule has 7 nitrogen and oxygen atoms in total. The Bertz CT molecular complexity index is 906. The molecule has 1 amide bonds. The van der Waals surface area contributed by atoms with Crippen LogP contribution in [-0.4, -0.2) is 60.2 Å². The van der Waals surface area contributed by atoms with Gasteiger partial charge in [-0.05, 0) is 52.9 Å². The molecule has 0 radical (unpaired) electrons. The standard InChI is InChI=1S/C21H28N6O/c1-14-6-7-18-17(12-14)8-10-27(18)20-19(15(2)23-13-24-20)25-16(3)21(28)22-9-11-26(4)5/h6-7,12-13H,8-11H2,1-5H3,(H,22,28). The fourth-order valence-electron chi connectivity index (χ4n) is 3.27. The maximum atomic E-state index is 12.4. The van der Waals surface area contributed by atoms with Gasteiger partial charge in [0.1, 0.15) is 17.7 Å². The second-order valence-electron chi connectivity index (χ2n) is 7.42. The van der Waals surface area contributed by atoms with E-state index in [1.807, 2.05) is 25.9 Å². The molecule has 0 unspecified atom stereocenters. The summed E-state index contributed by atoms with van der Waals surface area (Å²) in [6.45, 7) is 7.92. The van der Waals surface area contributed by atoms with E-state index in [9.17, 15) is 4.79 Å². The van der Waals surface area contributed by atoms with E-state index in [2.05, 4.69) is 50.3 Å². The fourth-order valence-corrected chi connectivity index (χ4v) is 3.27. The van der Waals surface area contributed by atoms with Gasteiger partial charge in [-0.2, -0.15) is 0 Å². The molecule has 1 aromatic carbocycles. The van der Waals surface area contributed by atoms with E-state index in [0.717, 1.165) is 36.7 Å². The Kier molecular flexibility index (Phi) is 6.04. The minimum absolute atomic E-state index is 0.173. The Balaban J connectivity index is 1.89. The molecule has 148 valence electrons. The average molecular weight is 380 g/mol. The molecule has 0 aliphatic carbocycles. The zero-order chi connectivity index (χ0) is 20.3. The van der Waals surface area contributed by atoms with Gasteiger partial charge in [0.2, 0.25) is 0 Å². The van der Waals surface area contributed by atoms with E-state index in [4.69, 9.17) is 0 Å². The van der Waals surface area contributed by atoms with Crippen molar-refractivity contribution in [1.82, 2.24) is 20.2 Å². The second kappa shape index (κ2) is 8.48. The molecule has 3 rings (SSSR count). The van der Waals surface area contributed by atoms with E-state index in [-0.39, 0.29) is 5.91 Å². The van der Waals surface area contributed by atoms with Gasteiger partial charge >= 0.3 is 0 Å². The maximum absolute atomic E-state index is 12.4. The highest BCUT2D eigenvalue weighted by Crippen LogP contribution is 2.39. The van der Waals surface area contributed by atoms with Gasteiger partial charge in [-0.15, -0.1) is 0 Å². The molecule has 7 heteroatoms. The molecule has 0 bridgehead atoms. The number of hydrogen-bond acceptors (Lipinski definition) is 6. The van der Waals surface area contributed by atoms with Gasteiger partial charge in [0, 0.05) is 25.3 Å². The van der Waals surface area contributed by atoms with Gasteiger partial charge in [-0.25, -0.2) is 15.0 Å². The monoisotopic (exact) mass is 380 g/mol. The number of nitrogens with zero attached hydrogens (tertiary/aromatic N) is 5. The lowest BCUT2D eigenvalue weighted by molar-refractivity contribution is -0.114. The van der Waals surface area contributed by atoms with Crippen LogP contribution in [0.15, 0.2) is 29.5 Å². The third-order valence-corrected chi connectivity index (χ3v) is 4.82. The van der Waals surface area contributed by atoms with Crippen molar-refractivity contribution < 1.29 is 4.79 Å². The van der Waals surface area contributed by atoms with Crippen molar-refractivity contribution in [3.8, 4) is 0 Å². The molecular weight excluding hydrogens is 352 g/mol. The number of aliphatic imine (C=N–C) groups is 1. The first-order valence-electron chi connectivity index (χ1n) is 9.53. The van der Waals surface area contributed by atoms with E-state index < -0.39 is 0 Å². The molecule has 0 fully saturated rings. The van der Waals surface area contributed by atoms with Crippen LogP contribution < -0.4 is 10.2 Å². The number of nitrogens with one attached hydrogen (secondary N) is 1. The molecule has 1 aromatic heterocycles. The first kappa shape index (κ1) is 19.9. The van der Waals surface area contributed by atoms with Crippen LogP contribution in [0, 0.1) is 13.8 Å². The van der Waals surface area contributed by atoms with Crippen LogP contribution in [0.3, 0.4) is 0 Å². The summed E-state index contributed by atoms with van der Waals surface area (Å²) in [6.07, 6.45) is 2.52. The summed E-state index contributed by atoms with van der Waals surface area (Å²) < 4.78 is 0. The molecule has 2 aromatic rings. The van der Waals surface area contributed by atoms with Crippen molar-refractivity contribution in [3.05, 3.63) is 41.3 Å². The largest absolute Gasteiger partial charge is 0.350 e. The number of benzene rings is 1. The number of rotatable bonds is 6. The van der Waals surface area contributed by atoms with Crippen LogP contribution in [0.1, 0.15) is 23.7 Å². The second-order valence-corrected chi connectivity index (χ2v) is 7.42. The molecule has 1 aliphatic heterocycles. The fraction of sp³-hybridized carbons (Fsp3) is 0.429. The maximum Gasteiger partial charge on any atom is 0.265 e. The Labute approximate surface area is 166 Å². The van der Waals surface area contributed by atoms with E-state index >= 15 is 0 Å². The molecule has 1 N–H and O–H groups in total. The van der Waals surface area contributed by atoms with E-state index in [1.54, 1.807) is 13.3 Å². The van der Waals surface area contributed by atoms with Crippen molar-refractivity contribution in [2.24, 2.45) is 4.99 Å². The summed E-state index contributed by atoms with van der Waals surface area (Å²) in [5, 5.41) is 2.90. The summed E-state index contributed by atoms with van der Waals surface area (Å²) in [5.74, 6) is 0.573. The number of amides is 1. The lowest BCUT2D eigenvalue weighted by Crippen LogP contribution is -2.34. The lowest BCUT2D eigenvalue weighted by Gasteiger charge is -2.21. The third-order valence-electron chi connectivity index (χ3n) is 4.82. The van der Waals surface area contributed by atoms with Crippen molar-refractivity contribution in [2.45, 2.75) is 27.2 Å². The number of aromatic nitrogens is 2. The molecule has 2 heterocycles. The summed E-state index contributed by atoms with van der Waals surface area (Å²) in [5.41, 5.74) is 5.52. The van der Waals surface area contributed by atoms with Gasteiger partial charge < -0.3 is 15.1 Å². The quantitative estimate of drug-likeness (QED) is 0.780. The first-order chi connectivity index (χ1) is 13.4. The van der Waals surface area contributed by atoms with Gasteiger partial charge in [0.05, 0.1) is 5.69 Å². The highest BCUT2D eigenvalue weighted by Gasteiger charge is 2.25. The smallest absolute Gasteiger partial charge is 0.265 e. The van der Waals surface area contributed by atoms with Crippen LogP contribution in [0.4, 0.5) is 17.2 Å². The summed E-state index contributed by atoms with van der Waals surface area (Å²) in [4.78, 5) is 30.0. The predicted octanol–water partition coefficient (Wildman–Crippen LogP) is 2.56. The zero-order valence-corrected chi connectivity index (χ0v) is 17.3. The number of anilines is 2. The van der Waals surface area contributed by atoms with Gasteiger partial charge in [-0.1, -0.05) is 17.7 Å². The first-order valence-corrected chi connectivity index (χ1v) is 9.53. The Hall–Kier alpha value is -2.80. The number of carbonyl (C=O) groups is 1. The zero-order valence-electron chi connectivity index (χ0n) is 17.3. The number of aryl methyl sites for hydroxylation is 2. The van der Waals surface area contributed by atoms with Crippen molar-refractivity contribution in [3.63, 3.8) is 0 Å². The van der Waals surface area contributed by atoms with Crippen LogP contribution in [0.5, 0.6) is 0 Å². The van der Waals surface area contributed by atoms with E-state index in [1.165, 1.54) is 11.1 Å². The van der Waals surface area contributed by atoms with Crippen LogP contribution in [0.2, 0.25) is 0 Å². The summed E-state index contributed by atoms with van der Waals surface area (Å²) in [7, 11) is 3.94. The predicted molar refractivity (Wildman–Crippen MR) is 113 cm³/mol. The minimum Gasteiger partial charge on any atom is -0.350 e. The highest BCUT2D eigenvalue weighted by atomic mass is 16.1.